The van der Waals surface area contributed by atoms with E-state index in [-0.39, 0.29) is 0 Å². The summed E-state index contributed by atoms with van der Waals surface area (Å²) >= 11 is 6.08. The maximum Gasteiger partial charge on any atom is -0.0235 e. The molecule has 0 N–H and O–H groups in total. The molecule has 0 aliphatic carbocycles. The molecule has 0 aromatic rings. The Kier molecular flexibility index (Phi) is 15.1. The van der Waals surface area contributed by atoms with E-state index in [0.29, 0.717) is 0 Å². The van der Waals surface area contributed by atoms with Crippen LogP contribution in [0.15, 0.2) is 0 Å². The molecule has 0 bridgehead atoms. The van der Waals surface area contributed by atoms with Crippen LogP contribution in [-0.2, 0) is 11.8 Å². The minimum Gasteiger partial charge on any atom is -0.0975 e. The largest absolute Gasteiger partial charge is 0.0975 e. The topological polar surface area (TPSA) is 0 Å². The molecular weight excluding hydrogens is 279 g/mol. The quantitative estimate of drug-likeness (QED) is 0.227. The number of unbranched alkanes of at least 4 members (excludes halogenated alkanes) is 9. The van der Waals surface area contributed by atoms with Crippen LogP contribution in [0.2, 0.25) is 0 Å². The van der Waals surface area contributed by atoms with Gasteiger partial charge in [-0.25, -0.2) is 0 Å². The molecule has 0 rings (SSSR count). The first-order valence-corrected chi connectivity index (χ1v) is 12.6. The summed E-state index contributed by atoms with van der Waals surface area (Å²) in [4.78, 5) is 0. The van der Waals surface area contributed by atoms with Gasteiger partial charge in [-0.05, 0) is 43.8 Å². The maximum atomic E-state index is 6.08. The Morgan fingerprint density at radius 2 is 0.850 bits per heavy atom. The predicted molar refractivity (Wildman–Crippen MR) is 101 cm³/mol. The SMILES string of the molecule is CCCCCCCCCCP(=S)(CCCC)CCCC. The van der Waals surface area contributed by atoms with Crippen molar-refractivity contribution in [3.63, 3.8) is 0 Å². The second kappa shape index (κ2) is 14.6. The molecule has 20 heavy (non-hydrogen) atoms. The summed E-state index contributed by atoms with van der Waals surface area (Å²) < 4.78 is 0. The van der Waals surface area contributed by atoms with Crippen LogP contribution in [0, 0.1) is 0 Å². The lowest BCUT2D eigenvalue weighted by atomic mass is 10.1. The molecule has 0 nitrogen and oxygen atoms in total. The van der Waals surface area contributed by atoms with Crippen molar-refractivity contribution in [3.8, 4) is 0 Å². The molecule has 0 heterocycles. The zero-order chi connectivity index (χ0) is 15.1. The van der Waals surface area contributed by atoms with Gasteiger partial charge in [-0.15, -0.1) is 0 Å². The van der Waals surface area contributed by atoms with Gasteiger partial charge in [0, 0.05) is 0 Å². The van der Waals surface area contributed by atoms with E-state index >= 15 is 0 Å². The molecule has 0 radical (unpaired) electrons. The van der Waals surface area contributed by atoms with Crippen LogP contribution in [0.5, 0.6) is 0 Å². The fourth-order valence-corrected chi connectivity index (χ4v) is 7.18. The lowest BCUT2D eigenvalue weighted by Gasteiger charge is -2.22. The zero-order valence-corrected chi connectivity index (χ0v) is 16.2. The molecule has 0 atom stereocenters. The first-order valence-electron chi connectivity index (χ1n) is 9.25. The predicted octanol–water partition coefficient (Wildman–Crippen LogP) is 7.21. The van der Waals surface area contributed by atoms with Gasteiger partial charge in [-0.1, -0.05) is 90.4 Å². The summed E-state index contributed by atoms with van der Waals surface area (Å²) in [7, 11) is 0. The molecule has 2 heteroatoms. The second-order valence-corrected chi connectivity index (χ2v) is 12.2. The Morgan fingerprint density at radius 1 is 0.500 bits per heavy atom. The van der Waals surface area contributed by atoms with Crippen molar-refractivity contribution in [2.24, 2.45) is 0 Å². The maximum absolute atomic E-state index is 6.08. The molecule has 0 spiro atoms. The standard InChI is InChI=1S/C18H39PS/c1-4-7-10-11-12-13-14-15-18-19(20,16-8-5-2)17-9-6-3/h4-18H2,1-3H3. The van der Waals surface area contributed by atoms with E-state index in [1.165, 1.54) is 95.5 Å². The molecule has 0 aliphatic heterocycles. The molecule has 0 aromatic heterocycles. The van der Waals surface area contributed by atoms with Gasteiger partial charge in [0.25, 0.3) is 0 Å². The van der Waals surface area contributed by atoms with Crippen molar-refractivity contribution in [3.05, 3.63) is 0 Å². The minimum atomic E-state index is -0.985. The van der Waals surface area contributed by atoms with Gasteiger partial charge >= 0.3 is 0 Å². The second-order valence-electron chi connectivity index (χ2n) is 6.41. The van der Waals surface area contributed by atoms with Crippen LogP contribution in [0.3, 0.4) is 0 Å². The highest BCUT2D eigenvalue weighted by atomic mass is 32.4. The van der Waals surface area contributed by atoms with Gasteiger partial charge in [0.2, 0.25) is 0 Å². The number of hydrogen-bond acceptors (Lipinski definition) is 1. The first kappa shape index (κ1) is 20.6. The molecule has 0 aliphatic rings. The average molecular weight is 319 g/mol. The average Bonchev–Trinajstić information content (AvgIpc) is 2.46. The number of hydrogen-bond donors (Lipinski definition) is 0. The lowest BCUT2D eigenvalue weighted by molar-refractivity contribution is 0.585. The Hall–Kier alpha value is 0.650. The van der Waals surface area contributed by atoms with Crippen molar-refractivity contribution in [1.29, 1.82) is 0 Å². The van der Waals surface area contributed by atoms with Gasteiger partial charge in [0.15, 0.2) is 0 Å². The monoisotopic (exact) mass is 318 g/mol. The van der Waals surface area contributed by atoms with Gasteiger partial charge in [-0.2, -0.15) is 0 Å². The molecule has 0 amide bonds. The number of rotatable bonds is 15. The summed E-state index contributed by atoms with van der Waals surface area (Å²) in [5.74, 6) is 0. The van der Waals surface area contributed by atoms with Crippen molar-refractivity contribution in [2.45, 2.75) is 97.8 Å². The van der Waals surface area contributed by atoms with E-state index in [1.807, 2.05) is 0 Å². The third-order valence-electron chi connectivity index (χ3n) is 4.26. The van der Waals surface area contributed by atoms with Crippen LogP contribution in [-0.4, -0.2) is 18.5 Å². The van der Waals surface area contributed by atoms with E-state index in [0.717, 1.165) is 0 Å². The fraction of sp³-hybridized carbons (Fsp3) is 1.00. The van der Waals surface area contributed by atoms with Crippen molar-refractivity contribution in [2.75, 3.05) is 18.5 Å². The Morgan fingerprint density at radius 3 is 1.30 bits per heavy atom. The highest BCUT2D eigenvalue weighted by Gasteiger charge is 2.15. The lowest BCUT2D eigenvalue weighted by Crippen LogP contribution is -2.00. The summed E-state index contributed by atoms with van der Waals surface area (Å²) in [5, 5.41) is 0. The summed E-state index contributed by atoms with van der Waals surface area (Å²) in [6.45, 7) is 6.89. The smallest absolute Gasteiger partial charge is 0.0235 e. The van der Waals surface area contributed by atoms with Crippen molar-refractivity contribution < 1.29 is 0 Å². The van der Waals surface area contributed by atoms with Gasteiger partial charge in [-0.3, -0.25) is 0 Å². The molecular formula is C18H39PS. The fourth-order valence-electron chi connectivity index (χ4n) is 2.76. The summed E-state index contributed by atoms with van der Waals surface area (Å²) in [6, 6.07) is -0.985. The summed E-state index contributed by atoms with van der Waals surface area (Å²) in [6.07, 6.45) is 21.0. The first-order chi connectivity index (χ1) is 9.68. The van der Waals surface area contributed by atoms with Crippen LogP contribution in [0.4, 0.5) is 0 Å². The molecule has 0 fully saturated rings. The Balaban J connectivity index is 3.70. The van der Waals surface area contributed by atoms with E-state index in [2.05, 4.69) is 20.8 Å². The molecule has 122 valence electrons. The van der Waals surface area contributed by atoms with E-state index in [4.69, 9.17) is 11.8 Å². The van der Waals surface area contributed by atoms with Crippen LogP contribution in [0.1, 0.15) is 97.8 Å². The van der Waals surface area contributed by atoms with E-state index in [9.17, 15) is 0 Å². The third kappa shape index (κ3) is 12.4. The zero-order valence-electron chi connectivity index (χ0n) is 14.5. The Bertz CT molecular complexity index is 226. The van der Waals surface area contributed by atoms with Crippen molar-refractivity contribution >= 4 is 17.8 Å². The van der Waals surface area contributed by atoms with E-state index < -0.39 is 6.04 Å². The Labute approximate surface area is 134 Å². The van der Waals surface area contributed by atoms with Gasteiger partial charge in [0.05, 0.1) is 0 Å². The van der Waals surface area contributed by atoms with Crippen molar-refractivity contribution in [1.82, 2.24) is 0 Å². The molecule has 0 saturated carbocycles. The third-order valence-corrected chi connectivity index (χ3v) is 9.29. The van der Waals surface area contributed by atoms with Crippen LogP contribution < -0.4 is 0 Å². The van der Waals surface area contributed by atoms with E-state index in [1.54, 1.807) is 0 Å². The van der Waals surface area contributed by atoms with Crippen LogP contribution in [0.25, 0.3) is 0 Å². The normalized spacial score (nSPS) is 11.9. The summed E-state index contributed by atoms with van der Waals surface area (Å²) in [5.41, 5.74) is 0. The molecule has 0 aromatic carbocycles. The highest BCUT2D eigenvalue weighted by molar-refractivity contribution is 8.14. The van der Waals surface area contributed by atoms with Crippen LogP contribution >= 0.6 is 6.04 Å². The van der Waals surface area contributed by atoms with Gasteiger partial charge in [0.1, 0.15) is 0 Å². The molecule has 0 unspecified atom stereocenters. The highest BCUT2D eigenvalue weighted by Crippen LogP contribution is 2.48. The van der Waals surface area contributed by atoms with Gasteiger partial charge < -0.3 is 0 Å². The minimum absolute atomic E-state index is 0.985. The molecule has 0 saturated heterocycles.